The second-order valence-corrected chi connectivity index (χ2v) is 7.38. The van der Waals surface area contributed by atoms with Crippen LogP contribution in [-0.4, -0.2) is 17.8 Å². The summed E-state index contributed by atoms with van der Waals surface area (Å²) in [5, 5.41) is 0. The van der Waals surface area contributed by atoms with Crippen molar-refractivity contribution in [2.24, 2.45) is 23.7 Å². The fourth-order valence-electron chi connectivity index (χ4n) is 4.63. The maximum Gasteiger partial charge on any atom is 0.346 e. The summed E-state index contributed by atoms with van der Waals surface area (Å²) >= 11 is 0. The molecule has 0 spiro atoms. The van der Waals surface area contributed by atoms with Gasteiger partial charge in [-0.2, -0.15) is 0 Å². The molecule has 2 aliphatic carbocycles. The standard InChI is InChI=1S/C22H16FNO4/c23-17-7-2-1-6-16(17)22(27)28-15-5-3-4-14(11-15)24-20(25)18-12-8-9-13(10-12)19(18)21(24)26/h1-9,11-13,18-19H,10H2/t12-,13+,18-,19-/m0/s1. The lowest BCUT2D eigenvalue weighted by atomic mass is 9.85. The number of carbonyl (C=O) groups is 3. The van der Waals surface area contributed by atoms with E-state index in [-0.39, 0.29) is 46.8 Å². The molecule has 2 amide bonds. The Kier molecular flexibility index (Phi) is 3.69. The van der Waals surface area contributed by atoms with E-state index in [0.717, 1.165) is 6.42 Å². The maximum atomic E-state index is 13.8. The quantitative estimate of drug-likeness (QED) is 0.356. The molecule has 140 valence electrons. The Labute approximate surface area is 160 Å². The lowest BCUT2D eigenvalue weighted by molar-refractivity contribution is -0.123. The van der Waals surface area contributed by atoms with Crippen LogP contribution in [0.5, 0.6) is 5.75 Å². The third-order valence-electron chi connectivity index (χ3n) is 5.85. The fourth-order valence-corrected chi connectivity index (χ4v) is 4.63. The number of amides is 2. The third kappa shape index (κ3) is 2.41. The Morgan fingerprint density at radius 2 is 1.64 bits per heavy atom. The highest BCUT2D eigenvalue weighted by atomic mass is 19.1. The molecule has 0 N–H and O–H groups in total. The first-order chi connectivity index (χ1) is 13.5. The van der Waals surface area contributed by atoms with E-state index in [1.165, 1.54) is 35.2 Å². The zero-order chi connectivity index (χ0) is 19.4. The number of nitrogens with zero attached hydrogens (tertiary/aromatic N) is 1. The zero-order valence-electron chi connectivity index (χ0n) is 14.7. The van der Waals surface area contributed by atoms with E-state index in [4.69, 9.17) is 4.74 Å². The van der Waals surface area contributed by atoms with Gasteiger partial charge < -0.3 is 4.74 Å². The van der Waals surface area contributed by atoms with E-state index in [1.807, 2.05) is 12.2 Å². The van der Waals surface area contributed by atoms with Crippen molar-refractivity contribution in [3.05, 3.63) is 72.1 Å². The van der Waals surface area contributed by atoms with E-state index < -0.39 is 11.8 Å². The third-order valence-corrected chi connectivity index (χ3v) is 5.85. The highest BCUT2D eigenvalue weighted by Gasteiger charge is 2.59. The number of rotatable bonds is 3. The van der Waals surface area contributed by atoms with Crippen molar-refractivity contribution in [1.82, 2.24) is 0 Å². The molecule has 1 saturated heterocycles. The molecule has 1 aliphatic heterocycles. The topological polar surface area (TPSA) is 63.7 Å². The summed E-state index contributed by atoms with van der Waals surface area (Å²) < 4.78 is 19.0. The van der Waals surface area contributed by atoms with Gasteiger partial charge in [-0.15, -0.1) is 0 Å². The van der Waals surface area contributed by atoms with Crippen molar-refractivity contribution in [2.45, 2.75) is 6.42 Å². The van der Waals surface area contributed by atoms with Crippen molar-refractivity contribution in [1.29, 1.82) is 0 Å². The highest BCUT2D eigenvalue weighted by molar-refractivity contribution is 6.22. The zero-order valence-corrected chi connectivity index (χ0v) is 14.7. The number of anilines is 1. The summed E-state index contributed by atoms with van der Waals surface area (Å²) in [6, 6.07) is 11.8. The van der Waals surface area contributed by atoms with Crippen LogP contribution in [0.1, 0.15) is 16.8 Å². The van der Waals surface area contributed by atoms with Crippen LogP contribution in [-0.2, 0) is 9.59 Å². The minimum Gasteiger partial charge on any atom is -0.423 e. The summed E-state index contributed by atoms with van der Waals surface area (Å²) in [4.78, 5) is 39.2. The van der Waals surface area contributed by atoms with Crippen LogP contribution in [0.3, 0.4) is 0 Å². The number of ether oxygens (including phenoxy) is 1. The largest absolute Gasteiger partial charge is 0.423 e. The second-order valence-electron chi connectivity index (χ2n) is 7.38. The van der Waals surface area contributed by atoms with E-state index in [1.54, 1.807) is 18.2 Å². The van der Waals surface area contributed by atoms with Crippen molar-refractivity contribution >= 4 is 23.5 Å². The number of esters is 1. The molecular weight excluding hydrogens is 361 g/mol. The highest BCUT2D eigenvalue weighted by Crippen LogP contribution is 2.53. The molecule has 2 fully saturated rings. The van der Waals surface area contributed by atoms with Crippen LogP contribution < -0.4 is 9.64 Å². The van der Waals surface area contributed by atoms with Gasteiger partial charge in [0.2, 0.25) is 11.8 Å². The van der Waals surface area contributed by atoms with Crippen LogP contribution in [0, 0.1) is 29.5 Å². The monoisotopic (exact) mass is 377 g/mol. The lowest BCUT2D eigenvalue weighted by Gasteiger charge is -2.18. The molecule has 1 saturated carbocycles. The van der Waals surface area contributed by atoms with Crippen molar-refractivity contribution < 1.29 is 23.5 Å². The van der Waals surface area contributed by atoms with Gasteiger partial charge in [0.05, 0.1) is 23.1 Å². The number of hydrogen-bond acceptors (Lipinski definition) is 4. The first-order valence-electron chi connectivity index (χ1n) is 9.17. The van der Waals surface area contributed by atoms with Crippen molar-refractivity contribution in [3.8, 4) is 5.75 Å². The van der Waals surface area contributed by atoms with Gasteiger partial charge in [-0.1, -0.05) is 30.4 Å². The predicted molar refractivity (Wildman–Crippen MR) is 98.0 cm³/mol. The lowest BCUT2D eigenvalue weighted by Crippen LogP contribution is -2.32. The molecule has 2 aromatic carbocycles. The first kappa shape index (κ1) is 16.9. The molecule has 1 heterocycles. The van der Waals surface area contributed by atoms with Crippen molar-refractivity contribution in [3.63, 3.8) is 0 Å². The molecule has 0 unspecified atom stereocenters. The van der Waals surface area contributed by atoms with E-state index in [2.05, 4.69) is 0 Å². The molecule has 28 heavy (non-hydrogen) atoms. The molecule has 5 nitrogen and oxygen atoms in total. The fraction of sp³-hybridized carbons (Fsp3) is 0.227. The minimum absolute atomic E-state index is 0.124. The molecule has 0 radical (unpaired) electrons. The van der Waals surface area contributed by atoms with E-state index in [0.29, 0.717) is 5.69 Å². The van der Waals surface area contributed by atoms with Crippen LogP contribution in [0.2, 0.25) is 0 Å². The van der Waals surface area contributed by atoms with Gasteiger partial charge in [0, 0.05) is 6.07 Å². The number of fused-ring (bicyclic) bond motifs is 5. The number of benzene rings is 2. The number of halogens is 1. The van der Waals surface area contributed by atoms with Crippen LogP contribution in [0.4, 0.5) is 10.1 Å². The van der Waals surface area contributed by atoms with Crippen LogP contribution in [0.25, 0.3) is 0 Å². The predicted octanol–water partition coefficient (Wildman–Crippen LogP) is 3.36. The van der Waals surface area contributed by atoms with Gasteiger partial charge in [0.1, 0.15) is 11.6 Å². The molecule has 4 atom stereocenters. The molecule has 2 aromatic rings. The van der Waals surface area contributed by atoms with Crippen molar-refractivity contribution in [2.75, 3.05) is 4.90 Å². The summed E-state index contributed by atoms with van der Waals surface area (Å²) in [5.74, 6) is -2.13. The Bertz CT molecular complexity index is 1020. The molecule has 5 rings (SSSR count). The first-order valence-corrected chi connectivity index (χ1v) is 9.17. The van der Waals surface area contributed by atoms with Gasteiger partial charge in [-0.05, 0) is 42.5 Å². The molecule has 3 aliphatic rings. The average molecular weight is 377 g/mol. The number of allylic oxidation sites excluding steroid dienone is 2. The summed E-state index contributed by atoms with van der Waals surface area (Å²) in [5.41, 5.74) is 0.182. The average Bonchev–Trinajstić information content (AvgIpc) is 3.36. The summed E-state index contributed by atoms with van der Waals surface area (Å²) in [7, 11) is 0. The van der Waals surface area contributed by atoms with E-state index >= 15 is 0 Å². The van der Waals surface area contributed by atoms with E-state index in [9.17, 15) is 18.8 Å². The number of hydrogen-bond donors (Lipinski definition) is 0. The number of imide groups is 1. The van der Waals surface area contributed by atoms with Gasteiger partial charge >= 0.3 is 5.97 Å². The van der Waals surface area contributed by atoms with Gasteiger partial charge in [-0.25, -0.2) is 14.1 Å². The Hall–Kier alpha value is -3.28. The number of carbonyl (C=O) groups excluding carboxylic acids is 3. The van der Waals surface area contributed by atoms with Gasteiger partial charge in [-0.3, -0.25) is 9.59 Å². The van der Waals surface area contributed by atoms with Crippen LogP contribution in [0.15, 0.2) is 60.7 Å². The molecular formula is C22H16FNO4. The normalized spacial score (nSPS) is 27.4. The Morgan fingerprint density at radius 3 is 2.32 bits per heavy atom. The maximum absolute atomic E-state index is 13.8. The van der Waals surface area contributed by atoms with Gasteiger partial charge in [0.25, 0.3) is 0 Å². The van der Waals surface area contributed by atoms with Gasteiger partial charge in [0.15, 0.2) is 0 Å². The van der Waals surface area contributed by atoms with Crippen LogP contribution >= 0.6 is 0 Å². The Balaban J connectivity index is 1.41. The summed E-state index contributed by atoms with van der Waals surface area (Å²) in [6.07, 6.45) is 4.93. The molecule has 6 heteroatoms. The SMILES string of the molecule is O=C(Oc1cccc(N2C(=O)[C@@H]3[C@@H](C2=O)[C@H]2C=C[C@@H]3C2)c1)c1ccccc1F. The Morgan fingerprint density at radius 1 is 0.964 bits per heavy atom. The second kappa shape index (κ2) is 6.12. The summed E-state index contributed by atoms with van der Waals surface area (Å²) in [6.45, 7) is 0. The smallest absolute Gasteiger partial charge is 0.346 e. The molecule has 0 aromatic heterocycles. The minimum atomic E-state index is -0.839. The molecule has 2 bridgehead atoms.